The van der Waals surface area contributed by atoms with Crippen LogP contribution < -0.4 is 26.4 Å². The summed E-state index contributed by atoms with van der Waals surface area (Å²) in [5.41, 5.74) is 21.6. The van der Waals surface area contributed by atoms with Crippen molar-refractivity contribution >= 4 is 62.7 Å². The lowest BCUT2D eigenvalue weighted by Crippen LogP contribution is -2.61. The highest BCUT2D eigenvalue weighted by atomic mass is 16.3. The Hall–Kier alpha value is -4.70. The van der Waals surface area contributed by atoms with Crippen molar-refractivity contribution in [3.63, 3.8) is 0 Å². The summed E-state index contributed by atoms with van der Waals surface area (Å²) in [7, 11) is 0. The number of allylic oxidation sites excluding steroid dienone is 4. The summed E-state index contributed by atoms with van der Waals surface area (Å²) in [5, 5.41) is 1.21. The zero-order valence-corrected chi connectivity index (χ0v) is 37.5. The minimum Gasteiger partial charge on any atom is -0.468 e. The molecule has 1 aromatic heterocycles. The van der Waals surface area contributed by atoms with Gasteiger partial charge in [-0.1, -0.05) is 106 Å². The molecule has 2 aliphatic carbocycles. The molecular weight excluding hydrogens is 703 g/mol. The van der Waals surface area contributed by atoms with Crippen LogP contribution in [0.15, 0.2) is 101 Å². The van der Waals surface area contributed by atoms with Crippen molar-refractivity contribution in [3.05, 3.63) is 130 Å². The van der Waals surface area contributed by atoms with Crippen molar-refractivity contribution in [2.45, 2.75) is 143 Å². The van der Waals surface area contributed by atoms with Gasteiger partial charge in [0.05, 0.1) is 11.3 Å². The number of hydrogen-bond donors (Lipinski definition) is 0. The molecule has 0 unspecified atom stereocenters. The summed E-state index contributed by atoms with van der Waals surface area (Å²) < 4.78 is 7.51. The standard InChI is InChI=1S/C54H63BN2O/c1-15-17-34(6)43(16-2)57-44-30-40-39(52(9,10)23-24-53(40,11)12)29-42(44)55-48-45(26-33(5)27-46(48)57)56(36-20-18-35(19-21-36)32(3)4)49-37-28-38-41(31-47(37)58-50(49)55)54(13,14)25-22-51(38,7)8/h15-21,26-32H,2,22-25H2,1,3-14H3/b17-15+,43-34+. The van der Waals surface area contributed by atoms with E-state index in [1.165, 1.54) is 84.4 Å². The highest BCUT2D eigenvalue weighted by Gasteiger charge is 2.49. The van der Waals surface area contributed by atoms with E-state index in [1.807, 2.05) is 0 Å². The highest BCUT2D eigenvalue weighted by molar-refractivity contribution is 7.00. The summed E-state index contributed by atoms with van der Waals surface area (Å²) in [6.45, 7) is 35.0. The smallest absolute Gasteiger partial charge is 0.297 e. The number of furan rings is 1. The molecule has 0 spiro atoms. The molecule has 4 aliphatic rings. The third-order valence-electron chi connectivity index (χ3n) is 14.8. The van der Waals surface area contributed by atoms with Gasteiger partial charge in [0, 0.05) is 33.8 Å². The van der Waals surface area contributed by atoms with E-state index in [2.05, 4.69) is 185 Å². The average molecular weight is 767 g/mol. The van der Waals surface area contributed by atoms with Crippen LogP contribution in [-0.4, -0.2) is 6.71 Å². The normalized spacial score (nSPS) is 19.7. The Morgan fingerprint density at radius 1 is 0.741 bits per heavy atom. The van der Waals surface area contributed by atoms with E-state index >= 15 is 0 Å². The van der Waals surface area contributed by atoms with E-state index in [0.717, 1.165) is 41.9 Å². The molecule has 58 heavy (non-hydrogen) atoms. The molecule has 4 heteroatoms. The second-order valence-electron chi connectivity index (χ2n) is 21.0. The first-order chi connectivity index (χ1) is 27.3. The number of nitrogens with zero attached hydrogens (tertiary/aromatic N) is 2. The van der Waals surface area contributed by atoms with Gasteiger partial charge < -0.3 is 14.2 Å². The Kier molecular flexibility index (Phi) is 8.63. The van der Waals surface area contributed by atoms with Gasteiger partial charge in [-0.3, -0.25) is 0 Å². The monoisotopic (exact) mass is 767 g/mol. The second-order valence-corrected chi connectivity index (χ2v) is 21.0. The van der Waals surface area contributed by atoms with Crippen molar-refractivity contribution in [1.82, 2.24) is 0 Å². The third-order valence-corrected chi connectivity index (χ3v) is 14.8. The Morgan fingerprint density at radius 2 is 1.29 bits per heavy atom. The fraction of sp³-hybridized carbons (Fsp3) is 0.407. The van der Waals surface area contributed by atoms with Crippen molar-refractivity contribution < 1.29 is 4.42 Å². The lowest BCUT2D eigenvalue weighted by atomic mass is 9.35. The Balaban J connectivity index is 1.45. The first kappa shape index (κ1) is 38.8. The van der Waals surface area contributed by atoms with E-state index in [0.29, 0.717) is 5.92 Å². The van der Waals surface area contributed by atoms with Crippen molar-refractivity contribution in [2.75, 3.05) is 9.80 Å². The first-order valence-electron chi connectivity index (χ1n) is 21.9. The predicted molar refractivity (Wildman–Crippen MR) is 251 cm³/mol. The Labute approximate surface area is 349 Å². The van der Waals surface area contributed by atoms with Crippen LogP contribution in [-0.2, 0) is 21.7 Å². The number of rotatable bonds is 5. The summed E-state index contributed by atoms with van der Waals surface area (Å²) in [4.78, 5) is 5.08. The predicted octanol–water partition coefficient (Wildman–Crippen LogP) is 13.3. The van der Waals surface area contributed by atoms with Gasteiger partial charge in [-0.2, -0.15) is 0 Å². The fourth-order valence-electron chi connectivity index (χ4n) is 11.0. The molecule has 0 radical (unpaired) electrons. The summed E-state index contributed by atoms with van der Waals surface area (Å²) in [6, 6.07) is 24.3. The van der Waals surface area contributed by atoms with Crippen LogP contribution in [0.1, 0.15) is 148 Å². The van der Waals surface area contributed by atoms with Gasteiger partial charge in [0.2, 0.25) is 0 Å². The minimum atomic E-state index is -0.0947. The molecule has 0 saturated carbocycles. The van der Waals surface area contributed by atoms with Crippen LogP contribution in [0.4, 0.5) is 28.4 Å². The maximum atomic E-state index is 7.51. The quantitative estimate of drug-likeness (QED) is 0.129. The maximum Gasteiger partial charge on any atom is 0.297 e. The summed E-state index contributed by atoms with van der Waals surface area (Å²) >= 11 is 0. The van der Waals surface area contributed by atoms with Crippen LogP contribution in [0, 0.1) is 6.92 Å². The molecule has 0 N–H and O–H groups in total. The number of fused-ring (bicyclic) bond motifs is 8. The Morgan fingerprint density at radius 3 is 1.86 bits per heavy atom. The van der Waals surface area contributed by atoms with E-state index in [-0.39, 0.29) is 28.4 Å². The van der Waals surface area contributed by atoms with Crippen LogP contribution in [0.5, 0.6) is 0 Å². The van der Waals surface area contributed by atoms with Gasteiger partial charge in [0.15, 0.2) is 0 Å². The molecule has 0 bridgehead atoms. The molecule has 4 aromatic carbocycles. The first-order valence-corrected chi connectivity index (χ1v) is 21.9. The van der Waals surface area contributed by atoms with E-state index in [9.17, 15) is 0 Å². The van der Waals surface area contributed by atoms with Crippen molar-refractivity contribution in [1.29, 1.82) is 0 Å². The van der Waals surface area contributed by atoms with E-state index < -0.39 is 0 Å². The molecule has 3 heterocycles. The molecule has 0 amide bonds. The summed E-state index contributed by atoms with van der Waals surface area (Å²) in [5.74, 6) is 0.448. The molecule has 0 saturated heterocycles. The van der Waals surface area contributed by atoms with Crippen LogP contribution in [0.2, 0.25) is 0 Å². The lowest BCUT2D eigenvalue weighted by Gasteiger charge is -2.47. The van der Waals surface area contributed by atoms with Crippen LogP contribution in [0.3, 0.4) is 0 Å². The van der Waals surface area contributed by atoms with Crippen LogP contribution >= 0.6 is 0 Å². The van der Waals surface area contributed by atoms with Gasteiger partial charge in [-0.25, -0.2) is 0 Å². The van der Waals surface area contributed by atoms with E-state index in [4.69, 9.17) is 4.42 Å². The van der Waals surface area contributed by atoms with Crippen molar-refractivity contribution in [3.8, 4) is 0 Å². The number of benzene rings is 4. The van der Waals surface area contributed by atoms with Gasteiger partial charge in [-0.15, -0.1) is 0 Å². The molecule has 298 valence electrons. The van der Waals surface area contributed by atoms with E-state index in [1.54, 1.807) is 0 Å². The van der Waals surface area contributed by atoms with Gasteiger partial charge >= 0.3 is 0 Å². The van der Waals surface area contributed by atoms with Gasteiger partial charge in [-0.05, 0) is 172 Å². The van der Waals surface area contributed by atoms with Gasteiger partial charge in [0.25, 0.3) is 6.71 Å². The third kappa shape index (κ3) is 5.60. The second kappa shape index (κ2) is 12.9. The van der Waals surface area contributed by atoms with Crippen LogP contribution in [0.25, 0.3) is 11.0 Å². The average Bonchev–Trinajstić information content (AvgIpc) is 3.54. The maximum absolute atomic E-state index is 7.51. The zero-order chi connectivity index (χ0) is 41.4. The molecule has 3 nitrogen and oxygen atoms in total. The van der Waals surface area contributed by atoms with Crippen molar-refractivity contribution in [2.24, 2.45) is 0 Å². The Bertz CT molecular complexity index is 2610. The summed E-state index contributed by atoms with van der Waals surface area (Å²) in [6.07, 6.45) is 11.1. The lowest BCUT2D eigenvalue weighted by molar-refractivity contribution is 0.332. The highest BCUT2D eigenvalue weighted by Crippen LogP contribution is 2.53. The number of anilines is 5. The minimum absolute atomic E-state index is 0.0465. The topological polar surface area (TPSA) is 19.6 Å². The molecule has 2 aliphatic heterocycles. The van der Waals surface area contributed by atoms with Gasteiger partial charge in [0.1, 0.15) is 5.58 Å². The molecule has 0 fully saturated rings. The number of aryl methyl sites for hydroxylation is 1. The largest absolute Gasteiger partial charge is 0.468 e. The molecule has 9 rings (SSSR count). The SMILES string of the molecule is C=C/C(=C(C)\C=C\C)N1c2cc3c(cc2B2c4oc5cc6c(cc5c4N(c4ccc(C(C)C)cc4)c4cc(C)cc1c42)C(C)(C)CCC6(C)C)C(C)(C)CCC3(C)C. The molecular formula is C54H63BN2O. The number of hydrogen-bond acceptors (Lipinski definition) is 3. The zero-order valence-electron chi connectivity index (χ0n) is 37.5. The fourth-order valence-corrected chi connectivity index (χ4v) is 11.0. The molecule has 5 aromatic rings. The molecule has 0 atom stereocenters.